The van der Waals surface area contributed by atoms with Crippen molar-refractivity contribution in [2.75, 3.05) is 0 Å². The van der Waals surface area contributed by atoms with Gasteiger partial charge in [-0.3, -0.25) is 0 Å². The van der Waals surface area contributed by atoms with Gasteiger partial charge in [0.25, 0.3) is 0 Å². The smallest absolute Gasteiger partial charge is 0.0316 e. The van der Waals surface area contributed by atoms with Crippen molar-refractivity contribution in [1.82, 2.24) is 0 Å². The molecule has 1 rings (SSSR count). The van der Waals surface area contributed by atoms with Gasteiger partial charge in [-0.15, -0.1) is 0 Å². The van der Waals surface area contributed by atoms with Gasteiger partial charge in [0.05, 0.1) is 0 Å². The third-order valence-corrected chi connectivity index (χ3v) is 2.73. The number of hydrogen-bond acceptors (Lipinski definition) is 0. The van der Waals surface area contributed by atoms with Crippen molar-refractivity contribution in [3.63, 3.8) is 0 Å². The minimum atomic E-state index is 0.914. The molecule has 0 fully saturated rings. The third kappa shape index (κ3) is 5.68. The zero-order valence-electron chi connectivity index (χ0n) is 8.84. The first-order valence-electron chi connectivity index (χ1n) is 5.69. The Balaban J connectivity index is 2.29. The fourth-order valence-electron chi connectivity index (χ4n) is 1.77. The highest BCUT2D eigenvalue weighted by Crippen LogP contribution is 2.15. The fourth-order valence-corrected chi connectivity index (χ4v) is 1.77. The number of hydrogen-bond donors (Lipinski definition) is 0. The molecular weight excluding hydrogens is 156 g/mol. The van der Waals surface area contributed by atoms with Gasteiger partial charge in [-0.05, 0) is 44.4 Å². The maximum Gasteiger partial charge on any atom is -0.0316 e. The molecule has 74 valence electrons. The van der Waals surface area contributed by atoms with Gasteiger partial charge in [0.1, 0.15) is 0 Å². The van der Waals surface area contributed by atoms with Crippen LogP contribution in [0.25, 0.3) is 0 Å². The minimum Gasteiger partial charge on any atom is -0.0885 e. The first-order chi connectivity index (χ1) is 6.39. The Hall–Kier alpha value is -0.520. The van der Waals surface area contributed by atoms with E-state index in [0.717, 1.165) is 5.92 Å². The van der Waals surface area contributed by atoms with E-state index in [0.29, 0.717) is 0 Å². The molecule has 0 bridgehead atoms. The molecular formula is C13H22. The average molecular weight is 178 g/mol. The molecule has 0 nitrogen and oxygen atoms in total. The van der Waals surface area contributed by atoms with Crippen LogP contribution in [0.15, 0.2) is 24.3 Å². The second-order valence-electron chi connectivity index (χ2n) is 4.13. The van der Waals surface area contributed by atoms with Crippen LogP contribution >= 0.6 is 0 Å². The van der Waals surface area contributed by atoms with Crippen LogP contribution in [-0.2, 0) is 0 Å². The largest absolute Gasteiger partial charge is 0.0885 e. The van der Waals surface area contributed by atoms with Crippen LogP contribution in [0, 0.1) is 5.92 Å². The van der Waals surface area contributed by atoms with Crippen LogP contribution in [0.2, 0.25) is 0 Å². The first-order valence-corrected chi connectivity index (χ1v) is 5.69. The Morgan fingerprint density at radius 3 is 2.15 bits per heavy atom. The molecule has 13 heavy (non-hydrogen) atoms. The van der Waals surface area contributed by atoms with Crippen molar-refractivity contribution in [2.45, 2.75) is 51.9 Å². The third-order valence-electron chi connectivity index (χ3n) is 2.73. The average Bonchev–Trinajstić information content (AvgIpc) is 2.11. The van der Waals surface area contributed by atoms with E-state index in [1.54, 1.807) is 0 Å². The second kappa shape index (κ2) is 6.94. The van der Waals surface area contributed by atoms with Crippen LogP contribution in [0.3, 0.4) is 0 Å². The molecule has 0 aromatic carbocycles. The standard InChI is InChI=1S/C13H22/c1-13-11-9-7-5-3-2-4-6-8-10-12-13/h3,5-6,8,13H,2,4,7,9-12H2,1H3. The van der Waals surface area contributed by atoms with Crippen LogP contribution in [-0.4, -0.2) is 0 Å². The van der Waals surface area contributed by atoms with Crippen molar-refractivity contribution in [2.24, 2.45) is 5.92 Å². The molecule has 1 unspecified atom stereocenters. The van der Waals surface area contributed by atoms with E-state index >= 15 is 0 Å². The van der Waals surface area contributed by atoms with Crippen molar-refractivity contribution in [3.8, 4) is 0 Å². The summed E-state index contributed by atoms with van der Waals surface area (Å²) in [6.45, 7) is 2.38. The van der Waals surface area contributed by atoms with Gasteiger partial charge >= 0.3 is 0 Å². The molecule has 1 atom stereocenters. The van der Waals surface area contributed by atoms with Crippen LogP contribution in [0.4, 0.5) is 0 Å². The summed E-state index contributed by atoms with van der Waals surface area (Å²) >= 11 is 0. The van der Waals surface area contributed by atoms with Crippen LogP contribution in [0.5, 0.6) is 0 Å². The quantitative estimate of drug-likeness (QED) is 0.480. The topological polar surface area (TPSA) is 0 Å². The van der Waals surface area contributed by atoms with Gasteiger partial charge in [-0.25, -0.2) is 0 Å². The van der Waals surface area contributed by atoms with Gasteiger partial charge in [0, 0.05) is 0 Å². The lowest BCUT2D eigenvalue weighted by Gasteiger charge is -2.08. The van der Waals surface area contributed by atoms with E-state index in [-0.39, 0.29) is 0 Å². The summed E-state index contributed by atoms with van der Waals surface area (Å²) in [7, 11) is 0. The maximum atomic E-state index is 2.38. The fraction of sp³-hybridized carbons (Fsp3) is 0.692. The molecule has 0 aromatic rings. The predicted molar refractivity (Wildman–Crippen MR) is 59.8 cm³/mol. The Labute approximate surface area is 82.7 Å². The van der Waals surface area contributed by atoms with Gasteiger partial charge in [0.15, 0.2) is 0 Å². The van der Waals surface area contributed by atoms with E-state index in [1.165, 1.54) is 44.9 Å². The lowest BCUT2D eigenvalue weighted by atomic mass is 9.98. The first kappa shape index (κ1) is 10.6. The summed E-state index contributed by atoms with van der Waals surface area (Å²) in [5.74, 6) is 0.914. The van der Waals surface area contributed by atoms with Crippen LogP contribution < -0.4 is 0 Å². The SMILES string of the molecule is CC1CCC=CCCC=CCCC1. The summed E-state index contributed by atoms with van der Waals surface area (Å²) in [6, 6.07) is 0. The summed E-state index contributed by atoms with van der Waals surface area (Å²) in [4.78, 5) is 0. The molecule has 0 heterocycles. The molecule has 0 spiro atoms. The minimum absolute atomic E-state index is 0.914. The highest BCUT2D eigenvalue weighted by Gasteiger charge is 1.99. The van der Waals surface area contributed by atoms with E-state index in [4.69, 9.17) is 0 Å². The summed E-state index contributed by atoms with van der Waals surface area (Å²) in [6.07, 6.45) is 18.5. The summed E-state index contributed by atoms with van der Waals surface area (Å²) in [5.41, 5.74) is 0. The maximum absolute atomic E-state index is 2.38. The van der Waals surface area contributed by atoms with Crippen molar-refractivity contribution in [3.05, 3.63) is 24.3 Å². The van der Waals surface area contributed by atoms with E-state index in [2.05, 4.69) is 31.2 Å². The van der Waals surface area contributed by atoms with E-state index in [9.17, 15) is 0 Å². The van der Waals surface area contributed by atoms with E-state index in [1.807, 2.05) is 0 Å². The summed E-state index contributed by atoms with van der Waals surface area (Å²) in [5, 5.41) is 0. The van der Waals surface area contributed by atoms with Crippen LogP contribution in [0.1, 0.15) is 51.9 Å². The molecule has 0 aromatic heterocycles. The molecule has 0 radical (unpaired) electrons. The molecule has 0 aliphatic heterocycles. The van der Waals surface area contributed by atoms with E-state index < -0.39 is 0 Å². The molecule has 0 saturated carbocycles. The zero-order valence-corrected chi connectivity index (χ0v) is 8.84. The Morgan fingerprint density at radius 2 is 1.38 bits per heavy atom. The lowest BCUT2D eigenvalue weighted by molar-refractivity contribution is 0.480. The lowest BCUT2D eigenvalue weighted by Crippen LogP contribution is -1.93. The van der Waals surface area contributed by atoms with Crippen molar-refractivity contribution in [1.29, 1.82) is 0 Å². The van der Waals surface area contributed by atoms with Gasteiger partial charge < -0.3 is 0 Å². The molecule has 0 amide bonds. The highest BCUT2D eigenvalue weighted by atomic mass is 14.1. The van der Waals surface area contributed by atoms with Gasteiger partial charge in [0.2, 0.25) is 0 Å². The molecule has 0 saturated heterocycles. The molecule has 1 aliphatic rings. The molecule has 0 N–H and O–H groups in total. The second-order valence-corrected chi connectivity index (χ2v) is 4.13. The number of rotatable bonds is 0. The highest BCUT2D eigenvalue weighted by molar-refractivity contribution is 4.89. The Bertz CT molecular complexity index is 165. The Morgan fingerprint density at radius 1 is 0.769 bits per heavy atom. The van der Waals surface area contributed by atoms with Gasteiger partial charge in [-0.1, -0.05) is 37.6 Å². The molecule has 0 heteroatoms. The van der Waals surface area contributed by atoms with Crippen molar-refractivity contribution >= 4 is 0 Å². The molecule has 1 aliphatic carbocycles. The van der Waals surface area contributed by atoms with Crippen molar-refractivity contribution < 1.29 is 0 Å². The monoisotopic (exact) mass is 178 g/mol. The predicted octanol–water partition coefficient (Wildman–Crippen LogP) is 4.48. The number of allylic oxidation sites excluding steroid dienone is 4. The normalized spacial score (nSPS) is 26.4. The summed E-state index contributed by atoms with van der Waals surface area (Å²) < 4.78 is 0. The Kier molecular flexibility index (Phi) is 5.64. The van der Waals surface area contributed by atoms with Gasteiger partial charge in [-0.2, -0.15) is 0 Å². The zero-order chi connectivity index (χ0) is 9.36.